The minimum atomic E-state index is 0.0959. The Hall–Kier alpha value is -0.350. The number of hydrogen-bond donors (Lipinski definition) is 3. The van der Waals surface area contributed by atoms with Gasteiger partial charge in [0.05, 0.1) is 12.6 Å². The molecule has 0 amide bonds. The average Bonchev–Trinajstić information content (AvgIpc) is 2.87. The van der Waals surface area contributed by atoms with Gasteiger partial charge < -0.3 is 15.7 Å². The molecule has 0 aliphatic heterocycles. The Labute approximate surface area is 103 Å². The van der Waals surface area contributed by atoms with Crippen molar-refractivity contribution < 1.29 is 5.11 Å². The monoisotopic (exact) mass is 242 g/mol. The lowest BCUT2D eigenvalue weighted by Gasteiger charge is -2.26. The van der Waals surface area contributed by atoms with Crippen LogP contribution in [0, 0.1) is 11.8 Å². The van der Waals surface area contributed by atoms with E-state index < -0.39 is 0 Å². The number of thiocarbonyl (C=S) groups is 1. The molecule has 0 spiro atoms. The molecule has 2 fully saturated rings. The van der Waals surface area contributed by atoms with Crippen LogP contribution >= 0.6 is 12.2 Å². The van der Waals surface area contributed by atoms with E-state index in [0.29, 0.717) is 6.04 Å². The van der Waals surface area contributed by atoms with E-state index in [9.17, 15) is 0 Å². The Morgan fingerprint density at radius 2 is 2.25 bits per heavy atom. The molecule has 4 heteroatoms. The molecule has 92 valence electrons. The average molecular weight is 242 g/mol. The molecule has 0 aromatic rings. The van der Waals surface area contributed by atoms with Crippen LogP contribution in [0.5, 0.6) is 0 Å². The molecule has 2 saturated carbocycles. The van der Waals surface area contributed by atoms with Crippen LogP contribution in [0.15, 0.2) is 0 Å². The fourth-order valence-electron chi connectivity index (χ4n) is 3.09. The summed E-state index contributed by atoms with van der Waals surface area (Å²) in [6.07, 6.45) is 6.34. The van der Waals surface area contributed by atoms with Gasteiger partial charge in [-0.3, -0.25) is 0 Å². The summed E-state index contributed by atoms with van der Waals surface area (Å²) in [5.41, 5.74) is 0. The van der Waals surface area contributed by atoms with E-state index in [-0.39, 0.29) is 12.6 Å². The largest absolute Gasteiger partial charge is 0.394 e. The van der Waals surface area contributed by atoms with E-state index >= 15 is 0 Å². The van der Waals surface area contributed by atoms with Crippen molar-refractivity contribution in [1.29, 1.82) is 0 Å². The number of hydrogen-bond acceptors (Lipinski definition) is 2. The number of aliphatic hydroxyl groups is 1. The number of rotatable bonds is 4. The summed E-state index contributed by atoms with van der Waals surface area (Å²) in [5, 5.41) is 16.4. The number of aliphatic hydroxyl groups excluding tert-OH is 1. The molecular formula is C12H22N2OS. The third-order valence-corrected chi connectivity index (χ3v) is 4.34. The minimum absolute atomic E-state index is 0.0959. The Morgan fingerprint density at radius 1 is 1.44 bits per heavy atom. The highest BCUT2D eigenvalue weighted by Crippen LogP contribution is 2.44. The molecule has 0 aromatic heterocycles. The van der Waals surface area contributed by atoms with Crippen LogP contribution in [0.3, 0.4) is 0 Å². The van der Waals surface area contributed by atoms with Crippen LogP contribution < -0.4 is 10.6 Å². The third kappa shape index (κ3) is 2.66. The zero-order valence-corrected chi connectivity index (χ0v) is 10.7. The highest BCUT2D eigenvalue weighted by molar-refractivity contribution is 7.80. The van der Waals surface area contributed by atoms with Gasteiger partial charge in [0.25, 0.3) is 0 Å². The molecule has 0 radical (unpaired) electrons. The summed E-state index contributed by atoms with van der Waals surface area (Å²) in [4.78, 5) is 0. The smallest absolute Gasteiger partial charge is 0.166 e. The normalized spacial score (nSPS) is 33.8. The summed E-state index contributed by atoms with van der Waals surface area (Å²) < 4.78 is 0. The second-order valence-corrected chi connectivity index (χ2v) is 5.60. The van der Waals surface area contributed by atoms with Crippen molar-refractivity contribution in [1.82, 2.24) is 10.6 Å². The van der Waals surface area contributed by atoms with Gasteiger partial charge in [-0.05, 0) is 49.7 Å². The number of nitrogens with one attached hydrogen (secondary N) is 2. The van der Waals surface area contributed by atoms with E-state index in [2.05, 4.69) is 10.6 Å². The van der Waals surface area contributed by atoms with Gasteiger partial charge in [0.1, 0.15) is 0 Å². The zero-order chi connectivity index (χ0) is 11.5. The van der Waals surface area contributed by atoms with E-state index in [4.69, 9.17) is 17.3 Å². The first kappa shape index (κ1) is 12.1. The SMILES string of the molecule is CC[C@@H](CO)NC(=S)N[C@H]1C[C@@H]2CC[C@@H]1C2. The van der Waals surface area contributed by atoms with Gasteiger partial charge in [0, 0.05) is 6.04 Å². The van der Waals surface area contributed by atoms with Crippen LogP contribution in [-0.2, 0) is 0 Å². The quantitative estimate of drug-likeness (QED) is 0.652. The molecule has 16 heavy (non-hydrogen) atoms. The standard InChI is InChI=1S/C12H22N2OS/c1-2-10(7-15)13-12(16)14-11-6-8-3-4-9(11)5-8/h8-11,15H,2-7H2,1H3,(H2,13,14,16)/t8-,9-,10+,11+/m1/s1. The summed E-state index contributed by atoms with van der Waals surface area (Å²) in [6.45, 7) is 2.20. The maximum absolute atomic E-state index is 9.09. The molecule has 3 nitrogen and oxygen atoms in total. The molecular weight excluding hydrogens is 220 g/mol. The molecule has 0 unspecified atom stereocenters. The van der Waals surface area contributed by atoms with Crippen molar-refractivity contribution in [2.24, 2.45) is 11.8 Å². The lowest BCUT2D eigenvalue weighted by molar-refractivity contribution is 0.251. The zero-order valence-electron chi connectivity index (χ0n) is 9.91. The summed E-state index contributed by atoms with van der Waals surface area (Å²) in [5.74, 6) is 1.77. The van der Waals surface area contributed by atoms with Gasteiger partial charge in [0.15, 0.2) is 5.11 Å². The molecule has 4 atom stereocenters. The molecule has 0 saturated heterocycles. The Balaban J connectivity index is 1.75. The minimum Gasteiger partial charge on any atom is -0.394 e. The summed E-state index contributed by atoms with van der Waals surface area (Å²) in [6, 6.07) is 0.675. The molecule has 2 aliphatic carbocycles. The molecule has 2 aliphatic rings. The van der Waals surface area contributed by atoms with Crippen molar-refractivity contribution in [3.05, 3.63) is 0 Å². The molecule has 2 bridgehead atoms. The number of fused-ring (bicyclic) bond motifs is 2. The predicted molar refractivity (Wildman–Crippen MR) is 69.3 cm³/mol. The van der Waals surface area contributed by atoms with Crippen LogP contribution in [0.4, 0.5) is 0 Å². The van der Waals surface area contributed by atoms with Crippen molar-refractivity contribution in [2.45, 2.75) is 51.1 Å². The van der Waals surface area contributed by atoms with Crippen molar-refractivity contribution in [2.75, 3.05) is 6.61 Å². The van der Waals surface area contributed by atoms with E-state index in [1.165, 1.54) is 25.7 Å². The molecule has 0 aromatic carbocycles. The van der Waals surface area contributed by atoms with Gasteiger partial charge in [-0.2, -0.15) is 0 Å². The highest BCUT2D eigenvalue weighted by Gasteiger charge is 2.39. The van der Waals surface area contributed by atoms with Gasteiger partial charge >= 0.3 is 0 Å². The molecule has 0 heterocycles. The van der Waals surface area contributed by atoms with Crippen LogP contribution in [0.25, 0.3) is 0 Å². The molecule has 2 rings (SSSR count). The second kappa shape index (κ2) is 5.32. The van der Waals surface area contributed by atoms with Gasteiger partial charge in [-0.1, -0.05) is 13.3 Å². The van der Waals surface area contributed by atoms with Crippen molar-refractivity contribution >= 4 is 17.3 Å². The van der Waals surface area contributed by atoms with E-state index in [1.54, 1.807) is 0 Å². The second-order valence-electron chi connectivity index (χ2n) is 5.19. The lowest BCUT2D eigenvalue weighted by atomic mass is 9.95. The predicted octanol–water partition coefficient (Wildman–Crippen LogP) is 1.41. The maximum atomic E-state index is 9.09. The topological polar surface area (TPSA) is 44.3 Å². The maximum Gasteiger partial charge on any atom is 0.166 e. The summed E-state index contributed by atoms with van der Waals surface area (Å²) >= 11 is 5.28. The lowest BCUT2D eigenvalue weighted by Crippen LogP contribution is -2.48. The summed E-state index contributed by atoms with van der Waals surface area (Å²) in [7, 11) is 0. The van der Waals surface area contributed by atoms with Gasteiger partial charge in [0.2, 0.25) is 0 Å². The fraction of sp³-hybridized carbons (Fsp3) is 0.917. The van der Waals surface area contributed by atoms with E-state index in [1.807, 2.05) is 6.92 Å². The third-order valence-electron chi connectivity index (χ3n) is 4.10. The van der Waals surface area contributed by atoms with Crippen molar-refractivity contribution in [3.63, 3.8) is 0 Å². The fourth-order valence-corrected chi connectivity index (χ4v) is 3.41. The first-order chi connectivity index (χ1) is 7.72. The first-order valence-corrected chi connectivity index (χ1v) is 6.81. The highest BCUT2D eigenvalue weighted by atomic mass is 32.1. The van der Waals surface area contributed by atoms with Crippen LogP contribution in [-0.4, -0.2) is 28.9 Å². The van der Waals surface area contributed by atoms with E-state index in [0.717, 1.165) is 23.4 Å². The van der Waals surface area contributed by atoms with Crippen LogP contribution in [0.1, 0.15) is 39.0 Å². The van der Waals surface area contributed by atoms with Crippen molar-refractivity contribution in [3.8, 4) is 0 Å². The Kier molecular flexibility index (Phi) is 4.03. The first-order valence-electron chi connectivity index (χ1n) is 6.40. The Morgan fingerprint density at radius 3 is 2.75 bits per heavy atom. The van der Waals surface area contributed by atoms with Gasteiger partial charge in [-0.25, -0.2) is 0 Å². The molecule has 3 N–H and O–H groups in total. The van der Waals surface area contributed by atoms with Crippen LogP contribution in [0.2, 0.25) is 0 Å². The Bertz CT molecular complexity index is 255. The van der Waals surface area contributed by atoms with Gasteiger partial charge in [-0.15, -0.1) is 0 Å².